The third-order valence-electron chi connectivity index (χ3n) is 2.79. The van der Waals surface area contributed by atoms with Crippen LogP contribution < -0.4 is 20.9 Å². The molecule has 15 heteroatoms. The topological polar surface area (TPSA) is 171 Å². The Morgan fingerprint density at radius 3 is 2.78 bits per heavy atom. The minimum Gasteiger partial charge on any atom is -0.409 e. The molecule has 12 nitrogen and oxygen atoms in total. The van der Waals surface area contributed by atoms with Gasteiger partial charge in [-0.15, -0.1) is 4.83 Å². The molecule has 0 aliphatic carbocycles. The summed E-state index contributed by atoms with van der Waals surface area (Å²) in [5.41, 5.74) is 2.22. The summed E-state index contributed by atoms with van der Waals surface area (Å²) < 4.78 is 39.8. The number of aromatic nitrogens is 2. The van der Waals surface area contributed by atoms with Gasteiger partial charge in [0.15, 0.2) is 5.69 Å². The van der Waals surface area contributed by atoms with Crippen LogP contribution in [0.5, 0.6) is 0 Å². The fraction of sp³-hybridized carbons (Fsp3) is 0.167. The molecule has 0 bridgehead atoms. The van der Waals surface area contributed by atoms with Crippen LogP contribution in [0, 0.1) is 5.82 Å². The highest BCUT2D eigenvalue weighted by molar-refractivity contribution is 9.10. The molecule has 1 heterocycles. The number of sulfonamides is 1. The Morgan fingerprint density at radius 1 is 1.41 bits per heavy atom. The minimum absolute atomic E-state index is 0.0639. The fourth-order valence-corrected chi connectivity index (χ4v) is 2.34. The van der Waals surface area contributed by atoms with Crippen LogP contribution in [0.1, 0.15) is 5.69 Å². The SMILES string of the molecule is CS(=O)(=O)NNC(=O)CNc1nonc1/C(=N/O)Nc1ccc(F)c(Br)c1. The molecule has 0 fully saturated rings. The molecule has 1 aromatic carbocycles. The van der Waals surface area contributed by atoms with Crippen molar-refractivity contribution < 1.29 is 27.4 Å². The summed E-state index contributed by atoms with van der Waals surface area (Å²) in [5, 5.41) is 24.5. The van der Waals surface area contributed by atoms with Gasteiger partial charge in [0.05, 0.1) is 17.3 Å². The summed E-state index contributed by atoms with van der Waals surface area (Å²) in [5.74, 6) is -1.48. The van der Waals surface area contributed by atoms with Crippen LogP contribution in [-0.2, 0) is 14.8 Å². The van der Waals surface area contributed by atoms with Crippen LogP contribution in [-0.4, -0.2) is 48.5 Å². The first-order valence-electron chi connectivity index (χ1n) is 6.96. The smallest absolute Gasteiger partial charge is 0.254 e. The van der Waals surface area contributed by atoms with Crippen LogP contribution in [0.25, 0.3) is 0 Å². The number of carbonyl (C=O) groups is 1. The van der Waals surface area contributed by atoms with Crippen LogP contribution in [0.15, 0.2) is 32.5 Å². The molecule has 0 radical (unpaired) electrons. The van der Waals surface area contributed by atoms with E-state index in [-0.39, 0.29) is 21.8 Å². The van der Waals surface area contributed by atoms with Gasteiger partial charge in [-0.3, -0.25) is 10.2 Å². The molecule has 0 spiro atoms. The molecule has 27 heavy (non-hydrogen) atoms. The molecule has 0 aliphatic heterocycles. The number of hydrogen-bond acceptors (Lipinski definition) is 9. The second-order valence-corrected chi connectivity index (χ2v) is 7.54. The van der Waals surface area contributed by atoms with Crippen LogP contribution in [0.3, 0.4) is 0 Å². The molecule has 0 aliphatic rings. The maximum atomic E-state index is 13.3. The Morgan fingerprint density at radius 2 is 2.15 bits per heavy atom. The van der Waals surface area contributed by atoms with E-state index < -0.39 is 28.3 Å². The maximum Gasteiger partial charge on any atom is 0.254 e. The quantitative estimate of drug-likeness (QED) is 0.166. The minimum atomic E-state index is -3.61. The lowest BCUT2D eigenvalue weighted by Gasteiger charge is -2.09. The van der Waals surface area contributed by atoms with Crippen molar-refractivity contribution in [2.45, 2.75) is 0 Å². The number of rotatable bonds is 7. The molecule has 0 atom stereocenters. The van der Waals surface area contributed by atoms with Crippen LogP contribution >= 0.6 is 15.9 Å². The Kier molecular flexibility index (Phi) is 6.65. The van der Waals surface area contributed by atoms with Crippen molar-refractivity contribution in [2.75, 3.05) is 23.4 Å². The zero-order valence-electron chi connectivity index (χ0n) is 13.5. The van der Waals surface area contributed by atoms with Gasteiger partial charge in [-0.2, -0.15) is 0 Å². The summed E-state index contributed by atoms with van der Waals surface area (Å²) in [6.07, 6.45) is 0.865. The number of nitrogens with one attached hydrogen (secondary N) is 4. The number of hydrazine groups is 1. The highest BCUT2D eigenvalue weighted by atomic mass is 79.9. The zero-order chi connectivity index (χ0) is 20.0. The normalized spacial score (nSPS) is 11.9. The third kappa shape index (κ3) is 6.15. The zero-order valence-corrected chi connectivity index (χ0v) is 15.9. The molecule has 1 aromatic heterocycles. The van der Waals surface area contributed by atoms with Crippen LogP contribution in [0.2, 0.25) is 0 Å². The van der Waals surface area contributed by atoms with Crippen molar-refractivity contribution in [1.29, 1.82) is 0 Å². The second-order valence-electron chi connectivity index (χ2n) is 4.94. The third-order valence-corrected chi connectivity index (χ3v) is 3.87. The van der Waals surface area contributed by atoms with Gasteiger partial charge < -0.3 is 15.8 Å². The van der Waals surface area contributed by atoms with Crippen molar-refractivity contribution in [3.8, 4) is 0 Å². The predicted molar refractivity (Wildman–Crippen MR) is 95.0 cm³/mol. The largest absolute Gasteiger partial charge is 0.409 e. The summed E-state index contributed by atoms with van der Waals surface area (Å²) in [4.78, 5) is 13.4. The number of benzene rings is 1. The number of anilines is 2. The summed E-state index contributed by atoms with van der Waals surface area (Å²) in [6.45, 7) is -0.398. The lowest BCUT2D eigenvalue weighted by molar-refractivity contribution is -0.119. The summed E-state index contributed by atoms with van der Waals surface area (Å²) >= 11 is 3.02. The van der Waals surface area contributed by atoms with E-state index in [1.807, 2.05) is 5.43 Å². The van der Waals surface area contributed by atoms with E-state index in [1.165, 1.54) is 18.2 Å². The van der Waals surface area contributed by atoms with E-state index in [9.17, 15) is 22.8 Å². The van der Waals surface area contributed by atoms with E-state index in [0.29, 0.717) is 5.69 Å². The van der Waals surface area contributed by atoms with Crippen molar-refractivity contribution in [3.05, 3.63) is 34.2 Å². The number of hydrogen-bond donors (Lipinski definition) is 5. The number of halogens is 2. The fourth-order valence-electron chi connectivity index (χ4n) is 1.66. The molecule has 2 aromatic rings. The molecular formula is C12H13BrFN7O5S. The first kappa shape index (κ1) is 20.5. The maximum absolute atomic E-state index is 13.3. The average Bonchev–Trinajstić information content (AvgIpc) is 3.07. The highest BCUT2D eigenvalue weighted by Gasteiger charge is 2.19. The Balaban J connectivity index is 2.05. The van der Waals surface area contributed by atoms with Gasteiger partial charge in [-0.25, -0.2) is 17.4 Å². The van der Waals surface area contributed by atoms with E-state index in [1.54, 1.807) is 4.83 Å². The summed E-state index contributed by atoms with van der Waals surface area (Å²) in [7, 11) is -3.61. The monoisotopic (exact) mass is 465 g/mol. The van der Waals surface area contributed by atoms with Gasteiger partial charge in [0.2, 0.25) is 21.7 Å². The first-order chi connectivity index (χ1) is 12.7. The van der Waals surface area contributed by atoms with E-state index >= 15 is 0 Å². The molecule has 0 unspecified atom stereocenters. The van der Waals surface area contributed by atoms with E-state index in [4.69, 9.17) is 0 Å². The Hall–Kier alpha value is -2.78. The Bertz CT molecular complexity index is 965. The lowest BCUT2D eigenvalue weighted by Crippen LogP contribution is -2.43. The molecular weight excluding hydrogens is 453 g/mol. The lowest BCUT2D eigenvalue weighted by atomic mass is 10.3. The Labute approximate surface area is 160 Å². The van der Waals surface area contributed by atoms with Gasteiger partial charge in [0, 0.05) is 5.69 Å². The molecule has 0 saturated heterocycles. The molecule has 146 valence electrons. The van der Waals surface area contributed by atoms with E-state index in [2.05, 4.69) is 46.7 Å². The molecule has 5 N–H and O–H groups in total. The number of carbonyl (C=O) groups excluding carboxylic acids is 1. The number of amidine groups is 1. The number of amides is 1. The molecule has 0 saturated carbocycles. The van der Waals surface area contributed by atoms with Crippen LogP contribution in [0.4, 0.5) is 15.9 Å². The molecule has 2 rings (SSSR count). The standard InChI is InChI=1S/C12H13BrFN7O5S/c1-27(24,25)21-17-9(22)5-15-11-10(19-26-20-11)12(18-23)16-6-2-3-8(14)7(13)4-6/h2-4,21,23H,5H2,1H3,(H,15,20)(H,16,18)(H,17,22). The first-order valence-corrected chi connectivity index (χ1v) is 9.64. The number of oxime groups is 1. The van der Waals surface area contributed by atoms with Crippen molar-refractivity contribution in [3.63, 3.8) is 0 Å². The number of nitrogens with zero attached hydrogens (tertiary/aromatic N) is 3. The summed E-state index contributed by atoms with van der Waals surface area (Å²) in [6, 6.07) is 3.96. The average molecular weight is 466 g/mol. The second kappa shape index (κ2) is 8.74. The predicted octanol–water partition coefficient (Wildman–Crippen LogP) is 0.211. The highest BCUT2D eigenvalue weighted by Crippen LogP contribution is 2.21. The van der Waals surface area contributed by atoms with Gasteiger partial charge >= 0.3 is 0 Å². The van der Waals surface area contributed by atoms with Gasteiger partial charge in [-0.05, 0) is 44.4 Å². The van der Waals surface area contributed by atoms with Crippen molar-refractivity contribution >= 4 is 49.2 Å². The molecule has 1 amide bonds. The van der Waals surface area contributed by atoms with Crippen molar-refractivity contribution in [1.82, 2.24) is 20.6 Å². The van der Waals surface area contributed by atoms with Crippen molar-refractivity contribution in [2.24, 2.45) is 5.16 Å². The van der Waals surface area contributed by atoms with Gasteiger partial charge in [-0.1, -0.05) is 5.16 Å². The van der Waals surface area contributed by atoms with E-state index in [0.717, 1.165) is 6.26 Å². The van der Waals surface area contributed by atoms with Gasteiger partial charge in [0.25, 0.3) is 5.91 Å². The van der Waals surface area contributed by atoms with Gasteiger partial charge in [0.1, 0.15) is 5.82 Å².